The summed E-state index contributed by atoms with van der Waals surface area (Å²) in [6.07, 6.45) is 6.55. The van der Waals surface area contributed by atoms with Crippen molar-refractivity contribution in [1.82, 2.24) is 10.6 Å². The summed E-state index contributed by atoms with van der Waals surface area (Å²) >= 11 is 1.88. The van der Waals surface area contributed by atoms with Crippen molar-refractivity contribution in [3.63, 3.8) is 0 Å². The fraction of sp³-hybridized carbons (Fsp3) is 0.588. The van der Waals surface area contributed by atoms with Gasteiger partial charge in [-0.3, -0.25) is 4.99 Å². The molecule has 0 bridgehead atoms. The molecule has 0 saturated heterocycles. The molecular formula is C17H26FN3S. The van der Waals surface area contributed by atoms with E-state index in [0.717, 1.165) is 43.9 Å². The van der Waals surface area contributed by atoms with Gasteiger partial charge in [0.25, 0.3) is 0 Å². The van der Waals surface area contributed by atoms with Crippen molar-refractivity contribution >= 4 is 17.7 Å². The molecule has 0 atom stereocenters. The minimum atomic E-state index is -0.0955. The number of guanidine groups is 1. The molecule has 0 heterocycles. The van der Waals surface area contributed by atoms with E-state index < -0.39 is 0 Å². The number of benzene rings is 1. The third kappa shape index (κ3) is 4.63. The van der Waals surface area contributed by atoms with Gasteiger partial charge in [0.15, 0.2) is 5.96 Å². The van der Waals surface area contributed by atoms with Crippen molar-refractivity contribution < 1.29 is 4.39 Å². The highest BCUT2D eigenvalue weighted by Crippen LogP contribution is 2.48. The number of unbranched alkanes of at least 4 members (excludes halogenated alkanes) is 1. The molecule has 5 heteroatoms. The second-order valence-electron chi connectivity index (χ2n) is 5.81. The van der Waals surface area contributed by atoms with Crippen LogP contribution in [0.25, 0.3) is 0 Å². The van der Waals surface area contributed by atoms with Gasteiger partial charge in [0.1, 0.15) is 5.82 Å². The Kier molecular flexibility index (Phi) is 6.55. The van der Waals surface area contributed by atoms with Crippen LogP contribution in [0.15, 0.2) is 29.3 Å². The predicted octanol–water partition coefficient (Wildman–Crippen LogP) is 3.17. The van der Waals surface area contributed by atoms with E-state index in [1.807, 2.05) is 23.9 Å². The second-order valence-corrected chi connectivity index (χ2v) is 6.80. The first-order valence-corrected chi connectivity index (χ1v) is 9.30. The summed E-state index contributed by atoms with van der Waals surface area (Å²) in [4.78, 5) is 4.25. The van der Waals surface area contributed by atoms with Crippen LogP contribution in [0.5, 0.6) is 0 Å². The number of thioether (sulfide) groups is 1. The Hall–Kier alpha value is -1.23. The maximum Gasteiger partial charge on any atom is 0.191 e. The summed E-state index contributed by atoms with van der Waals surface area (Å²) in [7, 11) is 1.78. The number of hydrogen-bond donors (Lipinski definition) is 2. The lowest BCUT2D eigenvalue weighted by Gasteiger charge is -2.19. The van der Waals surface area contributed by atoms with Crippen LogP contribution in [0.4, 0.5) is 4.39 Å². The Labute approximate surface area is 137 Å². The molecular weight excluding hydrogens is 297 g/mol. The highest BCUT2D eigenvalue weighted by Gasteiger charge is 2.45. The third-order valence-electron chi connectivity index (χ3n) is 4.18. The maximum absolute atomic E-state index is 14.0. The third-order valence-corrected chi connectivity index (χ3v) is 4.88. The Bertz CT molecular complexity index is 500. The first-order chi connectivity index (χ1) is 10.7. The summed E-state index contributed by atoms with van der Waals surface area (Å²) < 4.78 is 14.0. The molecule has 0 spiro atoms. The molecule has 0 aliphatic heterocycles. The number of aliphatic imine (C=N–C) groups is 1. The van der Waals surface area contributed by atoms with Gasteiger partial charge in [0, 0.05) is 25.6 Å². The van der Waals surface area contributed by atoms with Gasteiger partial charge in [0.2, 0.25) is 0 Å². The Morgan fingerprint density at radius 3 is 2.68 bits per heavy atom. The standard InChI is InChI=1S/C17H26FN3S/c1-19-16(20-11-5-6-12-22-2)21-13-17(9-10-17)14-7-3-4-8-15(14)18/h3-4,7-8H,5-6,9-13H2,1-2H3,(H2,19,20,21). The van der Waals surface area contributed by atoms with Crippen LogP contribution in [0.2, 0.25) is 0 Å². The minimum absolute atomic E-state index is 0.0538. The summed E-state index contributed by atoms with van der Waals surface area (Å²) in [6, 6.07) is 7.12. The van der Waals surface area contributed by atoms with Crippen molar-refractivity contribution in [2.45, 2.75) is 31.1 Å². The molecule has 1 saturated carbocycles. The summed E-state index contributed by atoms with van der Waals surface area (Å²) in [5.41, 5.74) is 0.778. The molecule has 1 aromatic rings. The fourth-order valence-electron chi connectivity index (χ4n) is 2.64. The van der Waals surface area contributed by atoms with Crippen molar-refractivity contribution in [2.75, 3.05) is 32.1 Å². The number of nitrogens with one attached hydrogen (secondary N) is 2. The first kappa shape index (κ1) is 17.1. The summed E-state index contributed by atoms with van der Waals surface area (Å²) in [5.74, 6) is 1.91. The Morgan fingerprint density at radius 1 is 1.27 bits per heavy atom. The molecule has 22 heavy (non-hydrogen) atoms. The quantitative estimate of drug-likeness (QED) is 0.438. The van der Waals surface area contributed by atoms with E-state index in [-0.39, 0.29) is 11.2 Å². The van der Waals surface area contributed by atoms with E-state index in [0.29, 0.717) is 0 Å². The molecule has 3 nitrogen and oxygen atoms in total. The van der Waals surface area contributed by atoms with E-state index in [1.165, 1.54) is 12.2 Å². The van der Waals surface area contributed by atoms with Gasteiger partial charge in [-0.2, -0.15) is 11.8 Å². The lowest BCUT2D eigenvalue weighted by Crippen LogP contribution is -2.41. The molecule has 2 rings (SSSR count). The molecule has 0 amide bonds. The largest absolute Gasteiger partial charge is 0.356 e. The number of rotatable bonds is 8. The van der Waals surface area contributed by atoms with Crippen molar-refractivity contribution in [3.8, 4) is 0 Å². The van der Waals surface area contributed by atoms with Gasteiger partial charge >= 0.3 is 0 Å². The zero-order valence-electron chi connectivity index (χ0n) is 13.5. The summed E-state index contributed by atoms with van der Waals surface area (Å²) in [6.45, 7) is 1.66. The molecule has 0 radical (unpaired) electrons. The van der Waals surface area contributed by atoms with E-state index >= 15 is 0 Å². The lowest BCUT2D eigenvalue weighted by molar-refractivity contribution is 0.559. The van der Waals surface area contributed by atoms with Gasteiger partial charge in [-0.1, -0.05) is 18.2 Å². The zero-order valence-corrected chi connectivity index (χ0v) is 14.3. The molecule has 1 fully saturated rings. The van der Waals surface area contributed by atoms with Gasteiger partial charge in [-0.15, -0.1) is 0 Å². The minimum Gasteiger partial charge on any atom is -0.356 e. The topological polar surface area (TPSA) is 36.4 Å². The average molecular weight is 323 g/mol. The fourth-order valence-corrected chi connectivity index (χ4v) is 3.13. The second kappa shape index (κ2) is 8.42. The lowest BCUT2D eigenvalue weighted by atomic mass is 9.95. The van der Waals surface area contributed by atoms with Crippen molar-refractivity contribution in [1.29, 1.82) is 0 Å². The Balaban J connectivity index is 1.80. The zero-order chi connectivity index (χ0) is 15.8. The van der Waals surface area contributed by atoms with E-state index in [9.17, 15) is 4.39 Å². The van der Waals surface area contributed by atoms with Crippen molar-refractivity contribution in [3.05, 3.63) is 35.6 Å². The highest BCUT2D eigenvalue weighted by atomic mass is 32.2. The molecule has 1 aromatic carbocycles. The molecule has 122 valence electrons. The van der Waals surface area contributed by atoms with Crippen LogP contribution in [0.3, 0.4) is 0 Å². The van der Waals surface area contributed by atoms with Gasteiger partial charge in [-0.05, 0) is 49.3 Å². The van der Waals surface area contributed by atoms with Crippen LogP contribution < -0.4 is 10.6 Å². The maximum atomic E-state index is 14.0. The summed E-state index contributed by atoms with van der Waals surface area (Å²) in [5, 5.41) is 6.69. The van der Waals surface area contributed by atoms with Crippen LogP contribution >= 0.6 is 11.8 Å². The SMILES string of the molecule is CN=C(NCCCCSC)NCC1(c2ccccc2F)CC1. The van der Waals surface area contributed by atoms with E-state index in [2.05, 4.69) is 21.9 Å². The number of nitrogens with zero attached hydrogens (tertiary/aromatic N) is 1. The van der Waals surface area contributed by atoms with Crippen LogP contribution in [-0.2, 0) is 5.41 Å². The average Bonchev–Trinajstić information content (AvgIpc) is 3.31. The Morgan fingerprint density at radius 2 is 2.05 bits per heavy atom. The van der Waals surface area contributed by atoms with Crippen LogP contribution in [0.1, 0.15) is 31.2 Å². The number of hydrogen-bond acceptors (Lipinski definition) is 2. The normalized spacial score (nSPS) is 16.4. The number of halogens is 1. The molecule has 1 aliphatic rings. The molecule has 1 aliphatic carbocycles. The predicted molar refractivity (Wildman–Crippen MR) is 94.3 cm³/mol. The van der Waals surface area contributed by atoms with E-state index in [1.54, 1.807) is 19.2 Å². The first-order valence-electron chi connectivity index (χ1n) is 7.90. The molecule has 2 N–H and O–H groups in total. The van der Waals surface area contributed by atoms with Crippen LogP contribution in [0, 0.1) is 5.82 Å². The van der Waals surface area contributed by atoms with Gasteiger partial charge in [0.05, 0.1) is 0 Å². The monoisotopic (exact) mass is 323 g/mol. The van der Waals surface area contributed by atoms with E-state index in [4.69, 9.17) is 0 Å². The van der Waals surface area contributed by atoms with Crippen molar-refractivity contribution in [2.24, 2.45) is 4.99 Å². The van der Waals surface area contributed by atoms with Gasteiger partial charge in [-0.25, -0.2) is 4.39 Å². The molecule has 0 aromatic heterocycles. The van der Waals surface area contributed by atoms with Crippen LogP contribution in [-0.4, -0.2) is 38.1 Å². The van der Waals surface area contributed by atoms with Gasteiger partial charge < -0.3 is 10.6 Å². The smallest absolute Gasteiger partial charge is 0.191 e. The molecule has 0 unspecified atom stereocenters. The highest BCUT2D eigenvalue weighted by molar-refractivity contribution is 7.98.